The molecule has 19 heavy (non-hydrogen) atoms. The lowest BCUT2D eigenvalue weighted by molar-refractivity contribution is -0.138. The summed E-state index contributed by atoms with van der Waals surface area (Å²) < 4.78 is 0. The van der Waals surface area contributed by atoms with E-state index in [-0.39, 0.29) is 23.4 Å². The van der Waals surface area contributed by atoms with Crippen LogP contribution in [0, 0.1) is 5.41 Å². The molecule has 4 heteroatoms. The second-order valence-corrected chi connectivity index (χ2v) is 7.10. The Bertz CT molecular complexity index is 427. The van der Waals surface area contributed by atoms with Crippen molar-refractivity contribution in [3.05, 3.63) is 22.4 Å². The number of carbonyl (C=O) groups is 1. The van der Waals surface area contributed by atoms with Crippen molar-refractivity contribution >= 4 is 17.2 Å². The van der Waals surface area contributed by atoms with Crippen LogP contribution in [0.15, 0.2) is 17.5 Å². The van der Waals surface area contributed by atoms with E-state index >= 15 is 0 Å². The summed E-state index contributed by atoms with van der Waals surface area (Å²) in [5.41, 5.74) is 0.0404. The van der Waals surface area contributed by atoms with Crippen molar-refractivity contribution < 1.29 is 4.79 Å². The quantitative estimate of drug-likeness (QED) is 0.923. The number of thiophene rings is 1. The zero-order chi connectivity index (χ0) is 14.0. The molecule has 1 aliphatic rings. The van der Waals surface area contributed by atoms with Gasteiger partial charge in [-0.25, -0.2) is 0 Å². The van der Waals surface area contributed by atoms with Crippen LogP contribution in [0.1, 0.15) is 44.5 Å². The number of amides is 1. The SMILES string of the molecule is CC(c1cccs1)N(C)C(=O)C1NCCCC1(C)C. The molecule has 0 bridgehead atoms. The summed E-state index contributed by atoms with van der Waals surface area (Å²) >= 11 is 1.71. The molecular weight excluding hydrogens is 256 g/mol. The molecule has 0 saturated carbocycles. The first kappa shape index (κ1) is 14.5. The number of carbonyl (C=O) groups excluding carboxylic acids is 1. The minimum absolute atomic E-state index is 0.0404. The first-order valence-corrected chi connectivity index (χ1v) is 7.85. The fourth-order valence-electron chi connectivity index (χ4n) is 2.75. The van der Waals surface area contributed by atoms with E-state index in [1.54, 1.807) is 11.3 Å². The molecule has 0 aromatic carbocycles. The Balaban J connectivity index is 2.10. The van der Waals surface area contributed by atoms with Crippen molar-refractivity contribution in [2.24, 2.45) is 5.41 Å². The molecule has 0 radical (unpaired) electrons. The maximum atomic E-state index is 12.7. The summed E-state index contributed by atoms with van der Waals surface area (Å²) in [7, 11) is 1.92. The van der Waals surface area contributed by atoms with Gasteiger partial charge in [-0.3, -0.25) is 4.79 Å². The van der Waals surface area contributed by atoms with Crippen molar-refractivity contribution in [2.75, 3.05) is 13.6 Å². The number of rotatable bonds is 3. The fraction of sp³-hybridized carbons (Fsp3) is 0.667. The van der Waals surface area contributed by atoms with Crippen LogP contribution in [0.2, 0.25) is 0 Å². The lowest BCUT2D eigenvalue weighted by Crippen LogP contribution is -2.56. The van der Waals surface area contributed by atoms with Gasteiger partial charge in [0.15, 0.2) is 0 Å². The lowest BCUT2D eigenvalue weighted by atomic mass is 9.77. The van der Waals surface area contributed by atoms with E-state index in [1.165, 1.54) is 4.88 Å². The Morgan fingerprint density at radius 1 is 1.58 bits per heavy atom. The molecule has 1 fully saturated rings. The van der Waals surface area contributed by atoms with E-state index in [1.807, 2.05) is 18.0 Å². The van der Waals surface area contributed by atoms with Gasteiger partial charge in [0.05, 0.1) is 12.1 Å². The highest BCUT2D eigenvalue weighted by molar-refractivity contribution is 7.10. The van der Waals surface area contributed by atoms with Gasteiger partial charge in [0, 0.05) is 11.9 Å². The van der Waals surface area contributed by atoms with Crippen molar-refractivity contribution in [3.63, 3.8) is 0 Å². The van der Waals surface area contributed by atoms with Gasteiger partial charge in [0.25, 0.3) is 0 Å². The Hall–Kier alpha value is -0.870. The monoisotopic (exact) mass is 280 g/mol. The Kier molecular flexibility index (Phi) is 4.31. The van der Waals surface area contributed by atoms with Crippen LogP contribution in [0.5, 0.6) is 0 Å². The highest BCUT2D eigenvalue weighted by Gasteiger charge is 2.39. The van der Waals surface area contributed by atoms with Crippen molar-refractivity contribution in [2.45, 2.75) is 45.7 Å². The molecule has 2 atom stereocenters. The van der Waals surface area contributed by atoms with E-state index in [4.69, 9.17) is 0 Å². The molecule has 1 saturated heterocycles. The smallest absolute Gasteiger partial charge is 0.240 e. The molecule has 2 heterocycles. The summed E-state index contributed by atoms with van der Waals surface area (Å²) in [6, 6.07) is 4.22. The number of hydrogen-bond acceptors (Lipinski definition) is 3. The average molecular weight is 280 g/mol. The topological polar surface area (TPSA) is 32.3 Å². The molecule has 1 aromatic heterocycles. The number of piperidine rings is 1. The summed E-state index contributed by atoms with van der Waals surface area (Å²) in [5.74, 6) is 0.214. The van der Waals surface area contributed by atoms with Gasteiger partial charge in [-0.05, 0) is 43.2 Å². The van der Waals surface area contributed by atoms with E-state index in [0.717, 1.165) is 19.4 Å². The second-order valence-electron chi connectivity index (χ2n) is 6.12. The molecule has 2 rings (SSSR count). The molecule has 0 spiro atoms. The number of hydrogen-bond donors (Lipinski definition) is 1. The lowest BCUT2D eigenvalue weighted by Gasteiger charge is -2.41. The van der Waals surface area contributed by atoms with Crippen LogP contribution in [0.3, 0.4) is 0 Å². The number of nitrogens with zero attached hydrogens (tertiary/aromatic N) is 1. The third-order valence-electron chi connectivity index (χ3n) is 4.26. The molecule has 0 aliphatic carbocycles. The van der Waals surface area contributed by atoms with Crippen LogP contribution >= 0.6 is 11.3 Å². The summed E-state index contributed by atoms with van der Waals surface area (Å²) in [5, 5.41) is 5.46. The normalized spacial score (nSPS) is 23.9. The predicted molar refractivity (Wildman–Crippen MR) is 80.3 cm³/mol. The Morgan fingerprint density at radius 2 is 2.32 bits per heavy atom. The molecule has 1 amide bonds. The molecular formula is C15H24N2OS. The van der Waals surface area contributed by atoms with Gasteiger partial charge in [-0.2, -0.15) is 0 Å². The van der Waals surface area contributed by atoms with E-state index < -0.39 is 0 Å². The Morgan fingerprint density at radius 3 is 2.89 bits per heavy atom. The maximum absolute atomic E-state index is 12.7. The van der Waals surface area contributed by atoms with Crippen LogP contribution in [-0.2, 0) is 4.79 Å². The van der Waals surface area contributed by atoms with Gasteiger partial charge in [-0.15, -0.1) is 11.3 Å². The van der Waals surface area contributed by atoms with E-state index in [0.29, 0.717) is 0 Å². The first-order chi connectivity index (χ1) is 8.93. The highest BCUT2D eigenvalue weighted by atomic mass is 32.1. The molecule has 1 N–H and O–H groups in total. The molecule has 106 valence electrons. The number of likely N-dealkylation sites (N-methyl/N-ethyl adjacent to an activating group) is 1. The van der Waals surface area contributed by atoms with E-state index in [9.17, 15) is 4.79 Å². The minimum atomic E-state index is -0.0614. The van der Waals surface area contributed by atoms with Gasteiger partial charge in [0.2, 0.25) is 5.91 Å². The average Bonchev–Trinajstić information content (AvgIpc) is 2.89. The third kappa shape index (κ3) is 3.00. The molecule has 1 aromatic rings. The van der Waals surface area contributed by atoms with Gasteiger partial charge >= 0.3 is 0 Å². The molecule has 1 aliphatic heterocycles. The van der Waals surface area contributed by atoms with Gasteiger partial charge in [-0.1, -0.05) is 19.9 Å². The summed E-state index contributed by atoms with van der Waals surface area (Å²) in [4.78, 5) is 15.8. The summed E-state index contributed by atoms with van der Waals surface area (Å²) in [6.07, 6.45) is 2.26. The second kappa shape index (κ2) is 5.63. The standard InChI is InChI=1S/C15H24N2OS/c1-11(12-7-5-10-19-12)17(4)14(18)13-15(2,3)8-6-9-16-13/h5,7,10-11,13,16H,6,8-9H2,1-4H3. The maximum Gasteiger partial charge on any atom is 0.240 e. The molecule has 3 nitrogen and oxygen atoms in total. The zero-order valence-corrected chi connectivity index (χ0v) is 13.1. The van der Waals surface area contributed by atoms with Gasteiger partial charge < -0.3 is 10.2 Å². The largest absolute Gasteiger partial charge is 0.337 e. The number of nitrogens with one attached hydrogen (secondary N) is 1. The minimum Gasteiger partial charge on any atom is -0.337 e. The Labute approximate surface area is 120 Å². The van der Waals surface area contributed by atoms with Gasteiger partial charge in [0.1, 0.15) is 0 Å². The van der Waals surface area contributed by atoms with Crippen LogP contribution in [-0.4, -0.2) is 30.4 Å². The zero-order valence-electron chi connectivity index (χ0n) is 12.3. The highest BCUT2D eigenvalue weighted by Crippen LogP contribution is 2.33. The van der Waals surface area contributed by atoms with Crippen LogP contribution in [0.25, 0.3) is 0 Å². The van der Waals surface area contributed by atoms with Crippen molar-refractivity contribution in [1.82, 2.24) is 10.2 Å². The first-order valence-electron chi connectivity index (χ1n) is 6.97. The fourth-order valence-corrected chi connectivity index (χ4v) is 3.57. The predicted octanol–water partition coefficient (Wildman–Crippen LogP) is 3.05. The van der Waals surface area contributed by atoms with Crippen molar-refractivity contribution in [3.8, 4) is 0 Å². The third-order valence-corrected chi connectivity index (χ3v) is 5.30. The van der Waals surface area contributed by atoms with E-state index in [2.05, 4.69) is 37.5 Å². The molecule has 2 unspecified atom stereocenters. The van der Waals surface area contributed by atoms with Crippen molar-refractivity contribution in [1.29, 1.82) is 0 Å². The van der Waals surface area contributed by atoms with Crippen LogP contribution < -0.4 is 5.32 Å². The van der Waals surface area contributed by atoms with Crippen LogP contribution in [0.4, 0.5) is 0 Å². The summed E-state index contributed by atoms with van der Waals surface area (Å²) in [6.45, 7) is 7.41.